The highest BCUT2D eigenvalue weighted by atomic mass is 19.1. The second kappa shape index (κ2) is 7.51. The lowest BCUT2D eigenvalue weighted by molar-refractivity contribution is -0.0330. The summed E-state index contributed by atoms with van der Waals surface area (Å²) in [5.41, 5.74) is 3.25. The van der Waals surface area contributed by atoms with E-state index in [4.69, 9.17) is 9.47 Å². The molecule has 8 nitrogen and oxygen atoms in total. The number of nitrogens with one attached hydrogen (secondary N) is 1. The normalized spacial score (nSPS) is 17.1. The Morgan fingerprint density at radius 2 is 2.25 bits per heavy atom. The summed E-state index contributed by atoms with van der Waals surface area (Å²) in [6, 6.07) is 4.82. The third-order valence-electron chi connectivity index (χ3n) is 4.69. The highest BCUT2D eigenvalue weighted by Crippen LogP contribution is 2.23. The first kappa shape index (κ1) is 18.3. The van der Waals surface area contributed by atoms with E-state index >= 15 is 0 Å². The molecule has 1 fully saturated rings. The maximum atomic E-state index is 13.9. The molecule has 146 valence electrons. The Kier molecular flexibility index (Phi) is 4.91. The summed E-state index contributed by atoms with van der Waals surface area (Å²) in [5.74, 6) is 0.201. The van der Waals surface area contributed by atoms with Crippen molar-refractivity contribution in [1.82, 2.24) is 24.8 Å². The number of morpholine rings is 1. The molecule has 28 heavy (non-hydrogen) atoms. The summed E-state index contributed by atoms with van der Waals surface area (Å²) in [6.45, 7) is 4.57. The van der Waals surface area contributed by atoms with Crippen LogP contribution in [0.25, 0.3) is 11.2 Å². The van der Waals surface area contributed by atoms with Crippen molar-refractivity contribution in [3.63, 3.8) is 0 Å². The molecule has 9 heteroatoms. The highest BCUT2D eigenvalue weighted by molar-refractivity contribution is 5.72. The maximum Gasteiger partial charge on any atom is 0.410 e. The zero-order valence-corrected chi connectivity index (χ0v) is 15.6. The standard InChI is InChI=1S/C19H20FN5O3/c1-11-3-4-13(14(20)7-11)9-28-19(26)25-5-6-27-15(8-25)17-23-16-12(2)21-10-22-18(16)24-17/h3-4,7,10,15H,5-6,8-9H2,1-2H3,(H,21,22,23,24)/t15-/m0/s1. The summed E-state index contributed by atoms with van der Waals surface area (Å²) in [7, 11) is 0. The van der Waals surface area contributed by atoms with Crippen LogP contribution in [-0.4, -0.2) is 50.6 Å². The number of nitrogens with zero attached hydrogens (tertiary/aromatic N) is 4. The van der Waals surface area contributed by atoms with E-state index < -0.39 is 12.2 Å². The van der Waals surface area contributed by atoms with Crippen molar-refractivity contribution in [2.45, 2.75) is 26.6 Å². The average molecular weight is 385 g/mol. The highest BCUT2D eigenvalue weighted by Gasteiger charge is 2.29. The van der Waals surface area contributed by atoms with Gasteiger partial charge in [-0.15, -0.1) is 0 Å². The topological polar surface area (TPSA) is 93.2 Å². The number of imidazole rings is 1. The molecular weight excluding hydrogens is 365 g/mol. The van der Waals surface area contributed by atoms with Crippen LogP contribution in [-0.2, 0) is 16.1 Å². The number of aryl methyl sites for hydroxylation is 2. The van der Waals surface area contributed by atoms with E-state index in [1.54, 1.807) is 19.1 Å². The largest absolute Gasteiger partial charge is 0.444 e. The molecular formula is C19H20FN5O3. The van der Waals surface area contributed by atoms with Crippen molar-refractivity contribution in [2.24, 2.45) is 0 Å². The molecule has 1 saturated heterocycles. The molecule has 3 heterocycles. The minimum atomic E-state index is -0.514. The second-order valence-corrected chi connectivity index (χ2v) is 6.73. The van der Waals surface area contributed by atoms with Crippen LogP contribution in [0.1, 0.15) is 28.7 Å². The molecule has 0 spiro atoms. The van der Waals surface area contributed by atoms with Gasteiger partial charge in [-0.3, -0.25) is 0 Å². The van der Waals surface area contributed by atoms with Crippen LogP contribution in [0.5, 0.6) is 0 Å². The lowest BCUT2D eigenvalue weighted by atomic mass is 10.1. The minimum Gasteiger partial charge on any atom is -0.444 e. The molecule has 0 radical (unpaired) electrons. The van der Waals surface area contributed by atoms with Crippen LogP contribution in [0.4, 0.5) is 9.18 Å². The number of hydrogen-bond donors (Lipinski definition) is 1. The Morgan fingerprint density at radius 1 is 1.39 bits per heavy atom. The van der Waals surface area contributed by atoms with Gasteiger partial charge in [-0.2, -0.15) is 0 Å². The van der Waals surface area contributed by atoms with Crippen LogP contribution in [0.15, 0.2) is 24.5 Å². The Hall–Kier alpha value is -3.07. The summed E-state index contributed by atoms with van der Waals surface area (Å²) in [6.07, 6.45) is 0.518. The van der Waals surface area contributed by atoms with E-state index in [0.29, 0.717) is 30.2 Å². The third-order valence-corrected chi connectivity index (χ3v) is 4.69. The number of carbonyl (C=O) groups excluding carboxylic acids is 1. The number of carbonyl (C=O) groups is 1. The van der Waals surface area contributed by atoms with Crippen molar-refractivity contribution in [3.05, 3.63) is 53.0 Å². The molecule has 0 saturated carbocycles. The summed E-state index contributed by atoms with van der Waals surface area (Å²) >= 11 is 0. The molecule has 3 aromatic rings. The van der Waals surface area contributed by atoms with Crippen LogP contribution in [0, 0.1) is 19.7 Å². The lowest BCUT2D eigenvalue weighted by Crippen LogP contribution is -2.42. The Bertz CT molecular complexity index is 1020. The molecule has 0 unspecified atom stereocenters. The second-order valence-electron chi connectivity index (χ2n) is 6.73. The first-order chi connectivity index (χ1) is 13.5. The summed E-state index contributed by atoms with van der Waals surface area (Å²) < 4.78 is 25.0. The number of halogens is 1. The van der Waals surface area contributed by atoms with Crippen molar-refractivity contribution in [2.75, 3.05) is 19.7 Å². The van der Waals surface area contributed by atoms with Gasteiger partial charge in [-0.1, -0.05) is 12.1 Å². The summed E-state index contributed by atoms with van der Waals surface area (Å²) in [5, 5.41) is 0. The van der Waals surface area contributed by atoms with Crippen LogP contribution in [0.3, 0.4) is 0 Å². The molecule has 1 atom stereocenters. The van der Waals surface area contributed by atoms with Gasteiger partial charge in [0.05, 0.1) is 18.8 Å². The zero-order valence-electron chi connectivity index (χ0n) is 15.6. The van der Waals surface area contributed by atoms with E-state index in [2.05, 4.69) is 19.9 Å². The zero-order chi connectivity index (χ0) is 19.7. The van der Waals surface area contributed by atoms with Gasteiger partial charge in [0.2, 0.25) is 0 Å². The molecule has 1 N–H and O–H groups in total. The number of aromatic amines is 1. The molecule has 0 bridgehead atoms. The van der Waals surface area contributed by atoms with E-state index in [-0.39, 0.29) is 19.0 Å². The number of fused-ring (bicyclic) bond motifs is 1. The molecule has 1 aromatic carbocycles. The Labute approximate surface area is 160 Å². The van der Waals surface area contributed by atoms with Gasteiger partial charge >= 0.3 is 6.09 Å². The van der Waals surface area contributed by atoms with Gasteiger partial charge in [0.15, 0.2) is 5.65 Å². The van der Waals surface area contributed by atoms with Gasteiger partial charge in [-0.25, -0.2) is 24.1 Å². The average Bonchev–Trinajstić information content (AvgIpc) is 3.13. The van der Waals surface area contributed by atoms with Gasteiger partial charge < -0.3 is 19.4 Å². The van der Waals surface area contributed by atoms with Gasteiger partial charge in [0.25, 0.3) is 0 Å². The Balaban J connectivity index is 1.42. The van der Waals surface area contributed by atoms with Gasteiger partial charge in [0, 0.05) is 12.1 Å². The fraction of sp³-hybridized carbons (Fsp3) is 0.368. The quantitative estimate of drug-likeness (QED) is 0.745. The number of benzene rings is 1. The minimum absolute atomic E-state index is 0.119. The number of amides is 1. The fourth-order valence-electron chi connectivity index (χ4n) is 3.10. The first-order valence-electron chi connectivity index (χ1n) is 8.97. The van der Waals surface area contributed by atoms with Gasteiger partial charge in [0.1, 0.15) is 36.2 Å². The predicted octanol–water partition coefficient (Wildman–Crippen LogP) is 2.82. The smallest absolute Gasteiger partial charge is 0.410 e. The number of hydrogen-bond acceptors (Lipinski definition) is 6. The number of rotatable bonds is 3. The van der Waals surface area contributed by atoms with Crippen LogP contribution < -0.4 is 0 Å². The lowest BCUT2D eigenvalue weighted by Gasteiger charge is -2.31. The van der Waals surface area contributed by atoms with E-state index in [1.165, 1.54) is 17.3 Å². The van der Waals surface area contributed by atoms with Crippen LogP contribution in [0.2, 0.25) is 0 Å². The molecule has 0 aliphatic carbocycles. The van der Waals surface area contributed by atoms with Crippen molar-refractivity contribution in [1.29, 1.82) is 0 Å². The molecule has 1 aliphatic rings. The Morgan fingerprint density at radius 3 is 3.04 bits per heavy atom. The summed E-state index contributed by atoms with van der Waals surface area (Å²) in [4.78, 5) is 29.9. The van der Waals surface area contributed by atoms with Gasteiger partial charge in [-0.05, 0) is 25.5 Å². The van der Waals surface area contributed by atoms with Crippen LogP contribution >= 0.6 is 0 Å². The molecule has 1 aliphatic heterocycles. The number of H-pyrrole nitrogens is 1. The molecule has 1 amide bonds. The molecule has 4 rings (SSSR count). The van der Waals surface area contributed by atoms with Crippen molar-refractivity contribution in [3.8, 4) is 0 Å². The van der Waals surface area contributed by atoms with Crippen molar-refractivity contribution < 1.29 is 18.7 Å². The monoisotopic (exact) mass is 385 g/mol. The van der Waals surface area contributed by atoms with E-state index in [1.807, 2.05) is 6.92 Å². The fourth-order valence-corrected chi connectivity index (χ4v) is 3.10. The van der Waals surface area contributed by atoms with Crippen molar-refractivity contribution >= 4 is 17.3 Å². The predicted molar refractivity (Wildman–Crippen MR) is 98.0 cm³/mol. The first-order valence-corrected chi connectivity index (χ1v) is 8.97. The number of aromatic nitrogens is 4. The number of ether oxygens (including phenoxy) is 2. The SMILES string of the molecule is Cc1ccc(COC(=O)N2CCO[C@H](c3nc4ncnc(C)c4[nH]3)C2)c(F)c1. The van der Waals surface area contributed by atoms with E-state index in [9.17, 15) is 9.18 Å². The third kappa shape index (κ3) is 3.65. The molecule has 2 aromatic heterocycles. The maximum absolute atomic E-state index is 13.9. The van der Waals surface area contributed by atoms with E-state index in [0.717, 1.165) is 16.8 Å².